The SMILES string of the molecule is C/C=C/CC(NC(=O)c1cnc2cc(C)nn2c1C)C(=O)O. The van der Waals surface area contributed by atoms with Crippen molar-refractivity contribution in [2.75, 3.05) is 0 Å². The largest absolute Gasteiger partial charge is 0.480 e. The Hall–Kier alpha value is -2.70. The Balaban J connectivity index is 2.28. The van der Waals surface area contributed by atoms with Gasteiger partial charge in [-0.05, 0) is 27.2 Å². The van der Waals surface area contributed by atoms with Crippen LogP contribution in [0.3, 0.4) is 0 Å². The summed E-state index contributed by atoms with van der Waals surface area (Å²) in [5, 5.41) is 15.9. The second-order valence-electron chi connectivity index (χ2n) is 4.98. The summed E-state index contributed by atoms with van der Waals surface area (Å²) in [6, 6.07) is 0.832. The first-order chi connectivity index (χ1) is 10.4. The number of allylic oxidation sites excluding steroid dienone is 1. The Morgan fingerprint density at radius 2 is 2.18 bits per heavy atom. The number of fused-ring (bicyclic) bond motifs is 1. The fourth-order valence-corrected chi connectivity index (χ4v) is 2.12. The lowest BCUT2D eigenvalue weighted by molar-refractivity contribution is -0.139. The average molecular weight is 302 g/mol. The van der Waals surface area contributed by atoms with Gasteiger partial charge in [-0.1, -0.05) is 12.2 Å². The zero-order valence-electron chi connectivity index (χ0n) is 12.7. The quantitative estimate of drug-likeness (QED) is 0.816. The highest BCUT2D eigenvalue weighted by Gasteiger charge is 2.21. The minimum absolute atomic E-state index is 0.229. The molecule has 2 aromatic heterocycles. The molecule has 2 rings (SSSR count). The van der Waals surface area contributed by atoms with Crippen molar-refractivity contribution in [1.29, 1.82) is 0 Å². The van der Waals surface area contributed by atoms with Crippen molar-refractivity contribution >= 4 is 17.5 Å². The van der Waals surface area contributed by atoms with Crippen molar-refractivity contribution in [3.8, 4) is 0 Å². The van der Waals surface area contributed by atoms with Gasteiger partial charge in [0, 0.05) is 12.3 Å². The number of amides is 1. The van der Waals surface area contributed by atoms with Crippen LogP contribution in [0.4, 0.5) is 0 Å². The molecule has 0 aromatic carbocycles. The predicted octanol–water partition coefficient (Wildman–Crippen LogP) is 1.50. The van der Waals surface area contributed by atoms with E-state index in [0.29, 0.717) is 16.9 Å². The molecule has 1 amide bonds. The van der Waals surface area contributed by atoms with Crippen LogP contribution < -0.4 is 5.32 Å². The van der Waals surface area contributed by atoms with Gasteiger partial charge < -0.3 is 10.4 Å². The van der Waals surface area contributed by atoms with Gasteiger partial charge >= 0.3 is 5.97 Å². The first kappa shape index (κ1) is 15.7. The average Bonchev–Trinajstić information content (AvgIpc) is 2.84. The number of rotatable bonds is 5. The molecule has 7 heteroatoms. The normalized spacial score (nSPS) is 12.7. The molecule has 0 aliphatic rings. The third-order valence-corrected chi connectivity index (χ3v) is 3.30. The fourth-order valence-electron chi connectivity index (χ4n) is 2.12. The van der Waals surface area contributed by atoms with E-state index in [1.807, 2.05) is 6.92 Å². The molecule has 7 nitrogen and oxygen atoms in total. The zero-order valence-corrected chi connectivity index (χ0v) is 12.7. The summed E-state index contributed by atoms with van der Waals surface area (Å²) in [6.45, 7) is 5.38. The Morgan fingerprint density at radius 1 is 1.45 bits per heavy atom. The molecule has 0 fully saturated rings. The highest BCUT2D eigenvalue weighted by atomic mass is 16.4. The van der Waals surface area contributed by atoms with E-state index in [4.69, 9.17) is 5.11 Å². The standard InChI is InChI=1S/C15H18N4O3/c1-4-5-6-12(15(21)22)17-14(20)11-8-16-13-7-9(2)18-19(13)10(11)3/h4-5,7-8,12H,6H2,1-3H3,(H,17,20)(H,21,22)/b5-4+. The summed E-state index contributed by atoms with van der Waals surface area (Å²) in [4.78, 5) is 27.7. The van der Waals surface area contributed by atoms with Gasteiger partial charge in [-0.2, -0.15) is 5.10 Å². The molecule has 22 heavy (non-hydrogen) atoms. The number of aryl methyl sites for hydroxylation is 2. The molecule has 2 N–H and O–H groups in total. The van der Waals surface area contributed by atoms with E-state index in [2.05, 4.69) is 15.4 Å². The lowest BCUT2D eigenvalue weighted by atomic mass is 10.1. The maximum Gasteiger partial charge on any atom is 0.326 e. The third-order valence-electron chi connectivity index (χ3n) is 3.30. The predicted molar refractivity (Wildman–Crippen MR) is 80.8 cm³/mol. The fraction of sp³-hybridized carbons (Fsp3) is 0.333. The van der Waals surface area contributed by atoms with Crippen LogP contribution in [0.25, 0.3) is 5.65 Å². The van der Waals surface area contributed by atoms with Crippen LogP contribution in [-0.4, -0.2) is 37.6 Å². The van der Waals surface area contributed by atoms with Crippen molar-refractivity contribution in [1.82, 2.24) is 19.9 Å². The number of carboxylic acids is 1. The molecular formula is C15H18N4O3. The van der Waals surface area contributed by atoms with Crippen molar-refractivity contribution in [3.63, 3.8) is 0 Å². The number of nitrogens with zero attached hydrogens (tertiary/aromatic N) is 3. The Labute approximate surface area is 127 Å². The zero-order chi connectivity index (χ0) is 16.3. The van der Waals surface area contributed by atoms with Gasteiger partial charge in [-0.15, -0.1) is 0 Å². The maximum atomic E-state index is 12.3. The van der Waals surface area contributed by atoms with Crippen LogP contribution in [-0.2, 0) is 4.79 Å². The lowest BCUT2D eigenvalue weighted by Crippen LogP contribution is -2.40. The molecule has 116 valence electrons. The van der Waals surface area contributed by atoms with E-state index < -0.39 is 17.9 Å². The number of hydrogen-bond donors (Lipinski definition) is 2. The van der Waals surface area contributed by atoms with E-state index in [1.54, 1.807) is 36.6 Å². The summed E-state index contributed by atoms with van der Waals surface area (Å²) >= 11 is 0. The van der Waals surface area contributed by atoms with E-state index in [1.165, 1.54) is 6.20 Å². The summed E-state index contributed by atoms with van der Waals surface area (Å²) < 4.78 is 1.58. The highest BCUT2D eigenvalue weighted by molar-refractivity contribution is 5.97. The van der Waals surface area contributed by atoms with Crippen LogP contribution in [0.2, 0.25) is 0 Å². The minimum atomic E-state index is -1.08. The van der Waals surface area contributed by atoms with Gasteiger partial charge in [-0.3, -0.25) is 4.79 Å². The monoisotopic (exact) mass is 302 g/mol. The Kier molecular flexibility index (Phi) is 4.55. The topological polar surface area (TPSA) is 96.6 Å². The minimum Gasteiger partial charge on any atom is -0.480 e. The van der Waals surface area contributed by atoms with Crippen LogP contribution in [0, 0.1) is 13.8 Å². The number of hydrogen-bond acceptors (Lipinski definition) is 4. The summed E-state index contributed by atoms with van der Waals surface area (Å²) in [5.74, 6) is -1.55. The molecule has 2 heterocycles. The molecule has 0 bridgehead atoms. The summed E-state index contributed by atoms with van der Waals surface area (Å²) in [7, 11) is 0. The number of aromatic nitrogens is 3. The van der Waals surface area contributed by atoms with Gasteiger partial charge in [-0.25, -0.2) is 14.3 Å². The van der Waals surface area contributed by atoms with E-state index in [-0.39, 0.29) is 6.42 Å². The van der Waals surface area contributed by atoms with Crippen LogP contribution in [0.15, 0.2) is 24.4 Å². The van der Waals surface area contributed by atoms with Crippen LogP contribution in [0.5, 0.6) is 0 Å². The Morgan fingerprint density at radius 3 is 2.82 bits per heavy atom. The van der Waals surface area contributed by atoms with Crippen molar-refractivity contribution in [2.24, 2.45) is 0 Å². The van der Waals surface area contributed by atoms with Crippen molar-refractivity contribution in [2.45, 2.75) is 33.2 Å². The second-order valence-corrected chi connectivity index (χ2v) is 4.98. The number of nitrogens with one attached hydrogen (secondary N) is 1. The first-order valence-corrected chi connectivity index (χ1v) is 6.91. The lowest BCUT2D eigenvalue weighted by Gasteiger charge is -2.14. The second kappa shape index (κ2) is 6.38. The molecule has 2 aromatic rings. The van der Waals surface area contributed by atoms with Crippen LogP contribution >= 0.6 is 0 Å². The maximum absolute atomic E-state index is 12.3. The van der Waals surface area contributed by atoms with Gasteiger partial charge in [0.05, 0.1) is 17.0 Å². The third kappa shape index (κ3) is 3.13. The number of carbonyl (C=O) groups is 2. The van der Waals surface area contributed by atoms with Crippen LogP contribution in [0.1, 0.15) is 35.1 Å². The molecule has 0 radical (unpaired) electrons. The number of carbonyl (C=O) groups excluding carboxylic acids is 1. The van der Waals surface area contributed by atoms with Gasteiger partial charge in [0.1, 0.15) is 6.04 Å². The van der Waals surface area contributed by atoms with Gasteiger partial charge in [0.15, 0.2) is 5.65 Å². The number of aliphatic carboxylic acids is 1. The molecule has 1 unspecified atom stereocenters. The molecule has 1 atom stereocenters. The molecule has 0 aliphatic heterocycles. The van der Waals surface area contributed by atoms with Crippen molar-refractivity contribution in [3.05, 3.63) is 41.4 Å². The molecule has 0 aliphatic carbocycles. The molecule has 0 saturated carbocycles. The molecular weight excluding hydrogens is 284 g/mol. The van der Waals surface area contributed by atoms with Crippen molar-refractivity contribution < 1.29 is 14.7 Å². The smallest absolute Gasteiger partial charge is 0.326 e. The highest BCUT2D eigenvalue weighted by Crippen LogP contribution is 2.11. The van der Waals surface area contributed by atoms with E-state index in [9.17, 15) is 9.59 Å². The van der Waals surface area contributed by atoms with E-state index >= 15 is 0 Å². The summed E-state index contributed by atoms with van der Waals surface area (Å²) in [5.41, 5.74) is 2.37. The molecule has 0 saturated heterocycles. The first-order valence-electron chi connectivity index (χ1n) is 6.91. The van der Waals surface area contributed by atoms with Gasteiger partial charge in [0.25, 0.3) is 5.91 Å². The summed E-state index contributed by atoms with van der Waals surface area (Å²) in [6.07, 6.45) is 5.11. The van der Waals surface area contributed by atoms with Gasteiger partial charge in [0.2, 0.25) is 0 Å². The molecule has 0 spiro atoms. The number of carboxylic acid groups (broad SMARTS) is 1. The Bertz CT molecular complexity index is 749. The van der Waals surface area contributed by atoms with E-state index in [0.717, 1.165) is 5.69 Å².